The van der Waals surface area contributed by atoms with Crippen LogP contribution in [0.4, 0.5) is 11.4 Å². The van der Waals surface area contributed by atoms with Crippen molar-refractivity contribution in [2.24, 2.45) is 0 Å². The van der Waals surface area contributed by atoms with Gasteiger partial charge in [-0.3, -0.25) is 24.5 Å². The van der Waals surface area contributed by atoms with Crippen molar-refractivity contribution in [2.45, 2.75) is 0 Å². The van der Waals surface area contributed by atoms with Crippen LogP contribution in [0.15, 0.2) is 225 Å². The average Bonchev–Trinajstić information content (AvgIpc) is 3.43. The first-order valence-corrected chi connectivity index (χ1v) is 22.3. The normalized spacial score (nSPS) is 10.9. The number of carbonyl (C=O) groups is 2. The van der Waals surface area contributed by atoms with E-state index in [4.69, 9.17) is 4.74 Å². The van der Waals surface area contributed by atoms with Gasteiger partial charge in [0.05, 0.1) is 17.1 Å². The summed E-state index contributed by atoms with van der Waals surface area (Å²) >= 11 is 0. The predicted molar refractivity (Wildman–Crippen MR) is 273 cm³/mol. The molecule has 10 aromatic rings. The van der Waals surface area contributed by atoms with Gasteiger partial charge in [-0.25, -0.2) is 9.97 Å². The molecule has 0 fully saturated rings. The Labute approximate surface area is 399 Å². The van der Waals surface area contributed by atoms with E-state index in [1.807, 2.05) is 182 Å². The summed E-state index contributed by atoms with van der Waals surface area (Å²) in [5, 5.41) is 0. The molecule has 10 rings (SSSR count). The number of pyridine rings is 3. The number of hydrogen-bond donors (Lipinski definition) is 0. The van der Waals surface area contributed by atoms with Crippen LogP contribution >= 0.6 is 0 Å². The fraction of sp³-hybridized carbons (Fsp3) is 0.0339. The number of benzene rings is 6. The number of amides is 2. The lowest BCUT2D eigenvalue weighted by atomic mass is 9.91. The molecule has 0 N–H and O–H groups in total. The van der Waals surface area contributed by atoms with E-state index in [1.165, 1.54) is 0 Å². The van der Waals surface area contributed by atoms with Crippen LogP contribution in [0.2, 0.25) is 0 Å². The van der Waals surface area contributed by atoms with Crippen LogP contribution in [0.25, 0.3) is 67.4 Å². The molecule has 0 aliphatic rings. The van der Waals surface area contributed by atoms with E-state index in [-0.39, 0.29) is 11.8 Å². The maximum atomic E-state index is 14.7. The van der Waals surface area contributed by atoms with Gasteiger partial charge in [-0.15, -0.1) is 0 Å². The van der Waals surface area contributed by atoms with Crippen LogP contribution in [0.1, 0.15) is 20.7 Å². The fourth-order valence-electron chi connectivity index (χ4n) is 8.20. The van der Waals surface area contributed by atoms with Crippen molar-refractivity contribution < 1.29 is 14.3 Å². The second kappa shape index (κ2) is 19.6. The fourth-order valence-corrected chi connectivity index (χ4v) is 8.20. The number of anilines is 2. The van der Waals surface area contributed by atoms with E-state index in [0.29, 0.717) is 45.4 Å². The number of hydrogen-bond acceptors (Lipinski definition) is 8. The lowest BCUT2D eigenvalue weighted by Crippen LogP contribution is -2.28. The minimum atomic E-state index is -0.291. The molecule has 332 valence electrons. The molecule has 0 unspecified atom stereocenters. The first kappa shape index (κ1) is 43.5. The van der Waals surface area contributed by atoms with Gasteiger partial charge in [0, 0.05) is 95.4 Å². The van der Waals surface area contributed by atoms with Gasteiger partial charge in [-0.2, -0.15) is 0 Å². The number of rotatable bonds is 12. The van der Waals surface area contributed by atoms with Crippen molar-refractivity contribution in [3.63, 3.8) is 0 Å². The highest BCUT2D eigenvalue weighted by atomic mass is 16.5. The molecule has 69 heavy (non-hydrogen) atoms. The number of aromatic nitrogens is 5. The van der Waals surface area contributed by atoms with Gasteiger partial charge in [0.2, 0.25) is 0 Å². The van der Waals surface area contributed by atoms with Gasteiger partial charge in [0.15, 0.2) is 5.82 Å². The number of ether oxygens (including phenoxy) is 1. The summed E-state index contributed by atoms with van der Waals surface area (Å²) < 4.78 is 6.82. The molecule has 4 heterocycles. The zero-order valence-electron chi connectivity index (χ0n) is 37.7. The standard InChI is InChI=1S/C59H43N7O3/c1-65(47-25-20-40(21-26-47)53-17-5-8-30-60-53)58(67)45-35-44(36-46(37-45)59(68)66(2)48-27-22-41(23-28-48)54-18-6-9-31-61-54)50-15-3-4-16-51(50)52-29-24-43(57-63-33-12-34-64-57)39-56(52)69-49-14-11-13-42(38-49)55-19-7-10-32-62-55/h3-39H,1-2H3. The average molecular weight is 898 g/mol. The van der Waals surface area contributed by atoms with Crippen LogP contribution in [0, 0.1) is 0 Å². The van der Waals surface area contributed by atoms with Gasteiger partial charge < -0.3 is 14.5 Å². The Bertz CT molecular complexity index is 3290. The van der Waals surface area contributed by atoms with E-state index < -0.39 is 0 Å². The lowest BCUT2D eigenvalue weighted by Gasteiger charge is -2.22. The van der Waals surface area contributed by atoms with E-state index in [2.05, 4.69) is 24.9 Å². The Hall–Kier alpha value is -9.41. The summed E-state index contributed by atoms with van der Waals surface area (Å²) in [6.45, 7) is 0. The molecule has 0 aliphatic heterocycles. The van der Waals surface area contributed by atoms with E-state index >= 15 is 0 Å². The first-order valence-electron chi connectivity index (χ1n) is 22.3. The van der Waals surface area contributed by atoms with Gasteiger partial charge in [0.25, 0.3) is 11.8 Å². The third-order valence-corrected chi connectivity index (χ3v) is 11.8. The number of nitrogens with zero attached hydrogens (tertiary/aromatic N) is 7. The zero-order chi connectivity index (χ0) is 47.1. The summed E-state index contributed by atoms with van der Waals surface area (Å²) in [6, 6.07) is 61.5. The molecule has 0 atom stereocenters. The van der Waals surface area contributed by atoms with Gasteiger partial charge in [-0.1, -0.05) is 84.9 Å². The second-order valence-electron chi connectivity index (χ2n) is 16.2. The maximum absolute atomic E-state index is 14.7. The van der Waals surface area contributed by atoms with Gasteiger partial charge in [0.1, 0.15) is 11.5 Å². The van der Waals surface area contributed by atoms with Crippen molar-refractivity contribution in [2.75, 3.05) is 23.9 Å². The second-order valence-corrected chi connectivity index (χ2v) is 16.2. The van der Waals surface area contributed by atoms with Crippen LogP contribution in [-0.4, -0.2) is 50.8 Å². The van der Waals surface area contributed by atoms with Crippen LogP contribution in [0.5, 0.6) is 11.5 Å². The van der Waals surface area contributed by atoms with Crippen molar-refractivity contribution in [3.05, 3.63) is 236 Å². The monoisotopic (exact) mass is 897 g/mol. The SMILES string of the molecule is CN(C(=O)c1cc(C(=O)N(C)c2ccc(-c3ccccn3)cc2)cc(-c2ccccc2-c2ccc(-c3ncccn3)cc2Oc2cccc(-c3ccccn3)c2)c1)c1ccc(-c2ccccn2)cc1. The zero-order valence-corrected chi connectivity index (χ0v) is 37.7. The van der Waals surface area contributed by atoms with Crippen LogP contribution < -0.4 is 14.5 Å². The lowest BCUT2D eigenvalue weighted by molar-refractivity contribution is 0.0992. The topological polar surface area (TPSA) is 114 Å². The van der Waals surface area contributed by atoms with Crippen molar-refractivity contribution in [3.8, 4) is 78.9 Å². The largest absolute Gasteiger partial charge is 0.457 e. The molecule has 0 saturated carbocycles. The van der Waals surface area contributed by atoms with Gasteiger partial charge >= 0.3 is 0 Å². The molecule has 0 bridgehead atoms. The molecule has 4 aromatic heterocycles. The summed E-state index contributed by atoms with van der Waals surface area (Å²) in [5.74, 6) is 1.12. The van der Waals surface area contributed by atoms with Crippen LogP contribution in [-0.2, 0) is 0 Å². The minimum Gasteiger partial charge on any atom is -0.457 e. The number of carbonyl (C=O) groups excluding carboxylic acids is 2. The molecule has 0 aliphatic carbocycles. The molecule has 0 spiro atoms. The Morgan fingerprint density at radius 3 is 1.41 bits per heavy atom. The maximum Gasteiger partial charge on any atom is 0.258 e. The Morgan fingerprint density at radius 1 is 0.377 bits per heavy atom. The highest BCUT2D eigenvalue weighted by molar-refractivity contribution is 6.11. The summed E-state index contributed by atoms with van der Waals surface area (Å²) in [6.07, 6.45) is 8.69. The van der Waals surface area contributed by atoms with E-state index in [9.17, 15) is 9.59 Å². The van der Waals surface area contributed by atoms with E-state index in [0.717, 1.165) is 56.0 Å². The molecular weight excluding hydrogens is 855 g/mol. The Balaban J connectivity index is 1.06. The van der Waals surface area contributed by atoms with Crippen molar-refractivity contribution >= 4 is 23.2 Å². The molecule has 10 heteroatoms. The summed E-state index contributed by atoms with van der Waals surface area (Å²) in [4.78, 5) is 55.2. The summed E-state index contributed by atoms with van der Waals surface area (Å²) in [5.41, 5.74) is 11.1. The highest BCUT2D eigenvalue weighted by Crippen LogP contribution is 2.42. The van der Waals surface area contributed by atoms with Gasteiger partial charge in [-0.05, 0) is 126 Å². The molecule has 10 nitrogen and oxygen atoms in total. The molecule has 6 aromatic carbocycles. The van der Waals surface area contributed by atoms with Crippen molar-refractivity contribution in [1.29, 1.82) is 0 Å². The third-order valence-electron chi connectivity index (χ3n) is 11.8. The smallest absolute Gasteiger partial charge is 0.258 e. The summed E-state index contributed by atoms with van der Waals surface area (Å²) in [7, 11) is 3.47. The Kier molecular flexibility index (Phi) is 12.3. The quantitative estimate of drug-likeness (QED) is 0.119. The van der Waals surface area contributed by atoms with Crippen LogP contribution in [0.3, 0.4) is 0 Å². The molecular formula is C59H43N7O3. The van der Waals surface area contributed by atoms with E-state index in [1.54, 1.807) is 67.0 Å². The highest BCUT2D eigenvalue weighted by Gasteiger charge is 2.23. The predicted octanol–water partition coefficient (Wildman–Crippen LogP) is 13.0. The minimum absolute atomic E-state index is 0.291. The molecule has 0 saturated heterocycles. The third kappa shape index (κ3) is 9.49. The molecule has 0 radical (unpaired) electrons. The first-order chi connectivity index (χ1) is 33.9. The molecule has 2 amide bonds. The Morgan fingerprint density at radius 2 is 0.870 bits per heavy atom. The van der Waals surface area contributed by atoms with Crippen molar-refractivity contribution in [1.82, 2.24) is 24.9 Å².